The van der Waals surface area contributed by atoms with Gasteiger partial charge in [-0.15, -0.1) is 0 Å². The molecule has 0 fully saturated rings. The van der Waals surface area contributed by atoms with Crippen LogP contribution < -0.4 is 11.3 Å². The summed E-state index contributed by atoms with van der Waals surface area (Å²) < 4.78 is 6.41. The van der Waals surface area contributed by atoms with Gasteiger partial charge in [0.2, 0.25) is 0 Å². The molecule has 16 heavy (non-hydrogen) atoms. The van der Waals surface area contributed by atoms with E-state index in [4.69, 9.17) is 22.2 Å². The Kier molecular flexibility index (Phi) is 6.31. The van der Waals surface area contributed by atoms with E-state index < -0.39 is 0 Å². The van der Waals surface area contributed by atoms with Gasteiger partial charge in [-0.05, 0) is 24.1 Å². The summed E-state index contributed by atoms with van der Waals surface area (Å²) in [5.41, 5.74) is 3.78. The molecule has 0 aliphatic rings. The number of benzene rings is 1. The predicted molar refractivity (Wildman–Crippen MR) is 70.3 cm³/mol. The van der Waals surface area contributed by atoms with Crippen molar-refractivity contribution in [2.24, 2.45) is 5.84 Å². The first kappa shape index (κ1) is 13.9. The van der Waals surface area contributed by atoms with E-state index in [1.54, 1.807) is 0 Å². The Hall–Kier alpha value is -0.130. The van der Waals surface area contributed by atoms with Crippen molar-refractivity contribution in [3.05, 3.63) is 33.3 Å². The molecule has 0 aliphatic carbocycles. The number of hydrogen-bond acceptors (Lipinski definition) is 3. The van der Waals surface area contributed by atoms with Crippen molar-refractivity contribution < 1.29 is 4.74 Å². The monoisotopic (exact) mass is 306 g/mol. The zero-order valence-corrected chi connectivity index (χ0v) is 11.5. The third kappa shape index (κ3) is 4.03. The molecular weight excluding hydrogens is 291 g/mol. The molecule has 3 nitrogen and oxygen atoms in total. The summed E-state index contributed by atoms with van der Waals surface area (Å²) in [5.74, 6) is 5.51. The van der Waals surface area contributed by atoms with Crippen LogP contribution in [0.15, 0.2) is 22.7 Å². The summed E-state index contributed by atoms with van der Waals surface area (Å²) in [7, 11) is 0. The highest BCUT2D eigenvalue weighted by Gasteiger charge is 2.13. The van der Waals surface area contributed by atoms with Gasteiger partial charge in [-0.25, -0.2) is 0 Å². The molecule has 0 aliphatic heterocycles. The topological polar surface area (TPSA) is 47.3 Å². The second kappa shape index (κ2) is 7.25. The molecule has 3 N–H and O–H groups in total. The van der Waals surface area contributed by atoms with E-state index in [0.717, 1.165) is 23.1 Å². The number of nitrogens with one attached hydrogen (secondary N) is 1. The highest BCUT2D eigenvalue weighted by atomic mass is 79.9. The lowest BCUT2D eigenvalue weighted by Crippen LogP contribution is -2.31. The molecule has 1 atom stereocenters. The third-order valence-electron chi connectivity index (χ3n) is 2.17. The van der Waals surface area contributed by atoms with Gasteiger partial charge in [0.1, 0.15) is 0 Å². The van der Waals surface area contributed by atoms with Gasteiger partial charge in [-0.2, -0.15) is 0 Å². The molecule has 0 amide bonds. The van der Waals surface area contributed by atoms with E-state index in [1.165, 1.54) is 0 Å². The smallest absolute Gasteiger partial charge is 0.0704 e. The molecule has 0 aromatic heterocycles. The standard InChI is InChI=1S/C11H16BrClN2O/c1-2-5-16-7-11(15-14)9-4-3-8(13)6-10(9)12/h3-4,6,11,15H,2,5,7,14H2,1H3. The maximum absolute atomic E-state index is 5.88. The third-order valence-corrected chi connectivity index (χ3v) is 3.09. The zero-order chi connectivity index (χ0) is 12.0. The zero-order valence-electron chi connectivity index (χ0n) is 9.17. The van der Waals surface area contributed by atoms with Crippen LogP contribution in [-0.4, -0.2) is 13.2 Å². The molecule has 1 unspecified atom stereocenters. The van der Waals surface area contributed by atoms with Crippen LogP contribution in [0.2, 0.25) is 5.02 Å². The molecular formula is C11H16BrClN2O. The Balaban J connectivity index is 2.70. The summed E-state index contributed by atoms with van der Waals surface area (Å²) in [6.07, 6.45) is 0.999. The molecule has 0 spiro atoms. The van der Waals surface area contributed by atoms with Gasteiger partial charge in [-0.3, -0.25) is 11.3 Å². The van der Waals surface area contributed by atoms with Crippen LogP contribution in [0.1, 0.15) is 24.9 Å². The van der Waals surface area contributed by atoms with Crippen molar-refractivity contribution in [3.8, 4) is 0 Å². The highest BCUT2D eigenvalue weighted by Crippen LogP contribution is 2.26. The average molecular weight is 308 g/mol. The Morgan fingerprint density at radius 1 is 1.56 bits per heavy atom. The van der Waals surface area contributed by atoms with Crippen LogP contribution >= 0.6 is 27.5 Å². The lowest BCUT2D eigenvalue weighted by Gasteiger charge is -2.18. The van der Waals surface area contributed by atoms with Gasteiger partial charge in [0, 0.05) is 16.1 Å². The molecule has 0 heterocycles. The fourth-order valence-corrected chi connectivity index (χ4v) is 2.32. The average Bonchev–Trinajstić information content (AvgIpc) is 2.26. The minimum atomic E-state index is -0.0295. The maximum Gasteiger partial charge on any atom is 0.0704 e. The lowest BCUT2D eigenvalue weighted by molar-refractivity contribution is 0.112. The van der Waals surface area contributed by atoms with E-state index in [-0.39, 0.29) is 6.04 Å². The van der Waals surface area contributed by atoms with Crippen LogP contribution in [-0.2, 0) is 4.74 Å². The van der Waals surface area contributed by atoms with Gasteiger partial charge in [0.25, 0.3) is 0 Å². The molecule has 0 saturated heterocycles. The Morgan fingerprint density at radius 3 is 2.88 bits per heavy atom. The van der Waals surface area contributed by atoms with Crippen molar-refractivity contribution in [2.45, 2.75) is 19.4 Å². The van der Waals surface area contributed by atoms with Gasteiger partial charge in [0.05, 0.1) is 12.6 Å². The number of rotatable bonds is 6. The second-order valence-electron chi connectivity index (χ2n) is 3.46. The van der Waals surface area contributed by atoms with Crippen LogP contribution in [0.4, 0.5) is 0 Å². The lowest BCUT2D eigenvalue weighted by atomic mass is 10.1. The fraction of sp³-hybridized carbons (Fsp3) is 0.455. The van der Waals surface area contributed by atoms with Crippen LogP contribution in [0.25, 0.3) is 0 Å². The van der Waals surface area contributed by atoms with Crippen molar-refractivity contribution in [1.29, 1.82) is 0 Å². The molecule has 90 valence electrons. The molecule has 0 bridgehead atoms. The van der Waals surface area contributed by atoms with Crippen molar-refractivity contribution in [3.63, 3.8) is 0 Å². The SMILES string of the molecule is CCCOCC(NN)c1ccc(Cl)cc1Br. The Labute approximate surface area is 109 Å². The van der Waals surface area contributed by atoms with Crippen LogP contribution in [0.3, 0.4) is 0 Å². The van der Waals surface area contributed by atoms with E-state index in [0.29, 0.717) is 11.6 Å². The number of ether oxygens (including phenoxy) is 1. The van der Waals surface area contributed by atoms with E-state index in [2.05, 4.69) is 28.3 Å². The summed E-state index contributed by atoms with van der Waals surface area (Å²) >= 11 is 9.34. The molecule has 1 aromatic rings. The summed E-state index contributed by atoms with van der Waals surface area (Å²) in [6, 6.07) is 5.59. The number of nitrogens with two attached hydrogens (primary N) is 1. The van der Waals surface area contributed by atoms with Gasteiger partial charge < -0.3 is 4.74 Å². The number of halogens is 2. The molecule has 1 aromatic carbocycles. The van der Waals surface area contributed by atoms with Crippen LogP contribution in [0.5, 0.6) is 0 Å². The Morgan fingerprint density at radius 2 is 2.31 bits per heavy atom. The Bertz CT molecular complexity index is 336. The summed E-state index contributed by atoms with van der Waals surface area (Å²) in [4.78, 5) is 0. The minimum absolute atomic E-state index is 0.0295. The van der Waals surface area contributed by atoms with E-state index in [9.17, 15) is 0 Å². The first-order chi connectivity index (χ1) is 7.69. The largest absolute Gasteiger partial charge is 0.379 e. The van der Waals surface area contributed by atoms with E-state index in [1.807, 2.05) is 18.2 Å². The van der Waals surface area contributed by atoms with E-state index >= 15 is 0 Å². The van der Waals surface area contributed by atoms with Crippen molar-refractivity contribution >= 4 is 27.5 Å². The second-order valence-corrected chi connectivity index (χ2v) is 4.75. The number of hydrogen-bond donors (Lipinski definition) is 2. The molecule has 5 heteroatoms. The number of hydrazine groups is 1. The summed E-state index contributed by atoms with van der Waals surface area (Å²) in [6.45, 7) is 3.36. The van der Waals surface area contributed by atoms with Crippen molar-refractivity contribution in [2.75, 3.05) is 13.2 Å². The first-order valence-corrected chi connectivity index (χ1v) is 6.35. The first-order valence-electron chi connectivity index (χ1n) is 5.17. The van der Waals surface area contributed by atoms with Crippen molar-refractivity contribution in [1.82, 2.24) is 5.43 Å². The predicted octanol–water partition coefficient (Wildman–Crippen LogP) is 3.03. The van der Waals surface area contributed by atoms with Gasteiger partial charge >= 0.3 is 0 Å². The molecule has 0 saturated carbocycles. The maximum atomic E-state index is 5.88. The quantitative estimate of drug-likeness (QED) is 0.482. The van der Waals surface area contributed by atoms with Gasteiger partial charge in [0.15, 0.2) is 0 Å². The molecule has 0 radical (unpaired) electrons. The van der Waals surface area contributed by atoms with Gasteiger partial charge in [-0.1, -0.05) is 40.5 Å². The fourth-order valence-electron chi connectivity index (χ4n) is 1.36. The minimum Gasteiger partial charge on any atom is -0.379 e. The summed E-state index contributed by atoms with van der Waals surface area (Å²) in [5, 5.41) is 0.695. The normalized spacial score (nSPS) is 12.8. The highest BCUT2D eigenvalue weighted by molar-refractivity contribution is 9.10. The van der Waals surface area contributed by atoms with Crippen LogP contribution in [0, 0.1) is 0 Å². The molecule has 1 rings (SSSR count).